The highest BCUT2D eigenvalue weighted by molar-refractivity contribution is 7.80. The smallest absolute Gasteiger partial charge is 0.171 e. The van der Waals surface area contributed by atoms with E-state index in [-0.39, 0.29) is 6.04 Å². The molecule has 0 amide bonds. The number of hydrogen-bond donors (Lipinski definition) is 2. The third-order valence-electron chi connectivity index (χ3n) is 3.80. The topological polar surface area (TPSA) is 24.1 Å². The lowest BCUT2D eigenvalue weighted by atomic mass is 9.92. The predicted molar refractivity (Wildman–Crippen MR) is 104 cm³/mol. The third kappa shape index (κ3) is 4.95. The zero-order valence-electron chi connectivity index (χ0n) is 14.0. The predicted octanol–water partition coefficient (Wildman–Crippen LogP) is 5.64. The molecule has 2 N–H and O–H groups in total. The highest BCUT2D eigenvalue weighted by Gasteiger charge is 2.18. The van der Waals surface area contributed by atoms with Gasteiger partial charge >= 0.3 is 0 Å². The van der Waals surface area contributed by atoms with Crippen LogP contribution in [0.3, 0.4) is 0 Å². The average Bonchev–Trinajstić information content (AvgIpc) is 2.45. The Bertz CT molecular complexity index is 698. The summed E-state index contributed by atoms with van der Waals surface area (Å²) in [5.74, 6) is 0.413. The second-order valence-corrected chi connectivity index (χ2v) is 7.04. The number of anilines is 1. The first-order valence-electron chi connectivity index (χ1n) is 7.77. The molecule has 0 spiro atoms. The summed E-state index contributed by atoms with van der Waals surface area (Å²) in [6.45, 7) is 8.64. The maximum absolute atomic E-state index is 6.01. The fraction of sp³-hybridized carbons (Fsp3) is 0.316. The van der Waals surface area contributed by atoms with Crippen molar-refractivity contribution in [3.05, 3.63) is 64.2 Å². The van der Waals surface area contributed by atoms with Crippen LogP contribution in [0.25, 0.3) is 0 Å². The lowest BCUT2D eigenvalue weighted by Gasteiger charge is -2.26. The molecular formula is C19H23ClN2S. The molecule has 2 nitrogen and oxygen atoms in total. The molecule has 2 rings (SSSR count). The second kappa shape index (κ2) is 7.80. The van der Waals surface area contributed by atoms with Gasteiger partial charge in [0.05, 0.1) is 6.04 Å². The number of halogens is 1. The Kier molecular flexibility index (Phi) is 6.03. The molecule has 1 atom stereocenters. The summed E-state index contributed by atoms with van der Waals surface area (Å²) in [6.07, 6.45) is 0. The van der Waals surface area contributed by atoms with Crippen LogP contribution in [0.4, 0.5) is 5.69 Å². The summed E-state index contributed by atoms with van der Waals surface area (Å²) in [7, 11) is 0. The maximum atomic E-state index is 6.01. The molecule has 0 radical (unpaired) electrons. The van der Waals surface area contributed by atoms with Crippen LogP contribution in [0.2, 0.25) is 5.02 Å². The summed E-state index contributed by atoms with van der Waals surface area (Å²) in [6, 6.07) is 14.2. The Hall–Kier alpha value is -1.58. The lowest BCUT2D eigenvalue weighted by Crippen LogP contribution is -2.35. The van der Waals surface area contributed by atoms with E-state index in [1.54, 1.807) is 0 Å². The largest absolute Gasteiger partial charge is 0.355 e. The molecule has 0 aliphatic heterocycles. The van der Waals surface area contributed by atoms with Crippen LogP contribution in [0.1, 0.15) is 36.6 Å². The summed E-state index contributed by atoms with van der Waals surface area (Å²) in [5.41, 5.74) is 4.72. The van der Waals surface area contributed by atoms with E-state index in [1.165, 1.54) is 16.7 Å². The molecule has 0 saturated carbocycles. The van der Waals surface area contributed by atoms with Crippen LogP contribution in [0.5, 0.6) is 0 Å². The van der Waals surface area contributed by atoms with Gasteiger partial charge in [-0.2, -0.15) is 0 Å². The molecule has 23 heavy (non-hydrogen) atoms. The normalized spacial score (nSPS) is 12.1. The molecule has 0 aliphatic carbocycles. The minimum absolute atomic E-state index is 0.162. The average molecular weight is 347 g/mol. The van der Waals surface area contributed by atoms with Crippen molar-refractivity contribution in [1.29, 1.82) is 0 Å². The van der Waals surface area contributed by atoms with E-state index in [2.05, 4.69) is 56.5 Å². The van der Waals surface area contributed by atoms with Crippen molar-refractivity contribution < 1.29 is 0 Å². The highest BCUT2D eigenvalue weighted by Crippen LogP contribution is 2.26. The Morgan fingerprint density at radius 3 is 2.43 bits per heavy atom. The quantitative estimate of drug-likeness (QED) is 0.700. The summed E-state index contributed by atoms with van der Waals surface area (Å²) >= 11 is 11.5. The Labute approximate surface area is 149 Å². The standard InChI is InChI=1S/C19H23ClN2S/c1-12(2)18(17-9-8-13(3)10-14(17)4)22-19(23)21-16-7-5-6-15(20)11-16/h5-12,18H,1-4H3,(H2,21,22,23)/t18-/m0/s1. The van der Waals surface area contributed by atoms with E-state index in [1.807, 2.05) is 24.3 Å². The molecule has 0 aromatic heterocycles. The minimum Gasteiger partial charge on any atom is -0.355 e. The molecule has 0 unspecified atom stereocenters. The number of rotatable bonds is 4. The fourth-order valence-electron chi connectivity index (χ4n) is 2.65. The minimum atomic E-state index is 0.162. The molecule has 4 heteroatoms. The Balaban J connectivity index is 2.14. The van der Waals surface area contributed by atoms with Gasteiger partial charge in [0.2, 0.25) is 0 Å². The molecule has 0 aliphatic rings. The van der Waals surface area contributed by atoms with Crippen molar-refractivity contribution in [1.82, 2.24) is 5.32 Å². The van der Waals surface area contributed by atoms with Gasteiger partial charge in [-0.25, -0.2) is 0 Å². The van der Waals surface area contributed by atoms with Crippen LogP contribution in [-0.2, 0) is 0 Å². The zero-order valence-corrected chi connectivity index (χ0v) is 15.6. The molecule has 0 fully saturated rings. The van der Waals surface area contributed by atoms with Gasteiger partial charge in [-0.15, -0.1) is 0 Å². The van der Waals surface area contributed by atoms with Gasteiger partial charge in [0.25, 0.3) is 0 Å². The highest BCUT2D eigenvalue weighted by atomic mass is 35.5. The van der Waals surface area contributed by atoms with Crippen molar-refractivity contribution in [3.8, 4) is 0 Å². The Morgan fingerprint density at radius 1 is 1.09 bits per heavy atom. The molecular weight excluding hydrogens is 324 g/mol. The summed E-state index contributed by atoms with van der Waals surface area (Å²) in [4.78, 5) is 0. The van der Waals surface area contributed by atoms with E-state index >= 15 is 0 Å². The number of thiocarbonyl (C=S) groups is 1. The van der Waals surface area contributed by atoms with Gasteiger partial charge in [0, 0.05) is 10.7 Å². The first kappa shape index (κ1) is 17.8. The molecule has 0 bridgehead atoms. The number of nitrogens with one attached hydrogen (secondary N) is 2. The van der Waals surface area contributed by atoms with Crippen LogP contribution in [0.15, 0.2) is 42.5 Å². The van der Waals surface area contributed by atoms with Gasteiger partial charge < -0.3 is 10.6 Å². The van der Waals surface area contributed by atoms with Gasteiger partial charge in [-0.05, 0) is 61.3 Å². The van der Waals surface area contributed by atoms with E-state index < -0.39 is 0 Å². The van der Waals surface area contributed by atoms with Crippen LogP contribution in [-0.4, -0.2) is 5.11 Å². The number of benzene rings is 2. The zero-order chi connectivity index (χ0) is 17.0. The van der Waals surface area contributed by atoms with E-state index in [0.29, 0.717) is 16.1 Å². The first-order chi connectivity index (χ1) is 10.9. The Morgan fingerprint density at radius 2 is 1.83 bits per heavy atom. The first-order valence-corrected chi connectivity index (χ1v) is 8.55. The SMILES string of the molecule is Cc1ccc([C@@H](NC(=S)Nc2cccc(Cl)c2)C(C)C)c(C)c1. The third-order valence-corrected chi connectivity index (χ3v) is 4.25. The van der Waals surface area contributed by atoms with Gasteiger partial charge in [-0.3, -0.25) is 0 Å². The maximum Gasteiger partial charge on any atom is 0.171 e. The number of hydrogen-bond acceptors (Lipinski definition) is 1. The van der Waals surface area contributed by atoms with Crippen molar-refractivity contribution in [2.75, 3.05) is 5.32 Å². The van der Waals surface area contributed by atoms with Gasteiger partial charge in [0.1, 0.15) is 0 Å². The molecule has 0 heterocycles. The van der Waals surface area contributed by atoms with Crippen molar-refractivity contribution >= 4 is 34.6 Å². The molecule has 2 aromatic carbocycles. The van der Waals surface area contributed by atoms with Crippen LogP contribution in [0, 0.1) is 19.8 Å². The van der Waals surface area contributed by atoms with Crippen LogP contribution < -0.4 is 10.6 Å². The van der Waals surface area contributed by atoms with Gasteiger partial charge in [-0.1, -0.05) is 55.3 Å². The number of aryl methyl sites for hydroxylation is 2. The van der Waals surface area contributed by atoms with Crippen LogP contribution >= 0.6 is 23.8 Å². The lowest BCUT2D eigenvalue weighted by molar-refractivity contribution is 0.471. The van der Waals surface area contributed by atoms with E-state index in [4.69, 9.17) is 23.8 Å². The molecule has 2 aromatic rings. The second-order valence-electron chi connectivity index (χ2n) is 6.19. The summed E-state index contributed by atoms with van der Waals surface area (Å²) < 4.78 is 0. The monoisotopic (exact) mass is 346 g/mol. The van der Waals surface area contributed by atoms with Gasteiger partial charge in [0.15, 0.2) is 5.11 Å². The van der Waals surface area contributed by atoms with E-state index in [0.717, 1.165) is 5.69 Å². The van der Waals surface area contributed by atoms with Crippen molar-refractivity contribution in [2.45, 2.75) is 33.7 Å². The van der Waals surface area contributed by atoms with Crippen molar-refractivity contribution in [3.63, 3.8) is 0 Å². The molecule has 0 saturated heterocycles. The van der Waals surface area contributed by atoms with E-state index in [9.17, 15) is 0 Å². The van der Waals surface area contributed by atoms with Crippen molar-refractivity contribution in [2.24, 2.45) is 5.92 Å². The molecule has 122 valence electrons. The summed E-state index contributed by atoms with van der Waals surface area (Å²) in [5, 5.41) is 7.93. The fourth-order valence-corrected chi connectivity index (χ4v) is 3.09.